The minimum absolute atomic E-state index is 0.198. The van der Waals surface area contributed by atoms with E-state index in [0.717, 1.165) is 40.5 Å². The van der Waals surface area contributed by atoms with Crippen molar-refractivity contribution in [3.63, 3.8) is 0 Å². The van der Waals surface area contributed by atoms with Gasteiger partial charge in [0.2, 0.25) is 0 Å². The predicted octanol–water partition coefficient (Wildman–Crippen LogP) is 4.08. The van der Waals surface area contributed by atoms with E-state index in [9.17, 15) is 9.59 Å². The van der Waals surface area contributed by atoms with Crippen LogP contribution < -0.4 is 10.4 Å². The van der Waals surface area contributed by atoms with Gasteiger partial charge in [0, 0.05) is 23.2 Å². The molecule has 1 atom stereocenters. The molecule has 5 nitrogen and oxygen atoms in total. The standard InChI is InChI=1S/C21H16ClNO4/c1-10-8-15-18(11-4-2-5-13(11)21(25)26-15)19-17(10)14(9-16(24)27-19)12-6-3-7-23-20(12)22/h3,6-8,14H,2,4-5,9H2,1H3/t14-/m1/s1. The lowest BCUT2D eigenvalue weighted by molar-refractivity contribution is -0.135. The highest BCUT2D eigenvalue weighted by atomic mass is 35.5. The largest absolute Gasteiger partial charge is 0.425 e. The fourth-order valence-electron chi connectivity index (χ4n) is 4.43. The van der Waals surface area contributed by atoms with Crippen molar-refractivity contribution < 1.29 is 13.9 Å². The summed E-state index contributed by atoms with van der Waals surface area (Å²) in [5.74, 6) is -0.0545. The van der Waals surface area contributed by atoms with Crippen molar-refractivity contribution in [2.24, 2.45) is 0 Å². The number of rotatable bonds is 1. The van der Waals surface area contributed by atoms with Crippen LogP contribution in [-0.2, 0) is 17.6 Å². The average molecular weight is 382 g/mol. The number of nitrogens with zero attached hydrogens (tertiary/aromatic N) is 1. The van der Waals surface area contributed by atoms with E-state index in [1.165, 1.54) is 0 Å². The minimum Gasteiger partial charge on any atom is -0.425 e. The average Bonchev–Trinajstić information content (AvgIpc) is 3.11. The Bertz CT molecular complexity index is 1180. The van der Waals surface area contributed by atoms with Gasteiger partial charge < -0.3 is 9.15 Å². The highest BCUT2D eigenvalue weighted by Gasteiger charge is 2.35. The molecule has 3 heterocycles. The maximum absolute atomic E-state index is 12.5. The molecule has 0 bridgehead atoms. The van der Waals surface area contributed by atoms with E-state index in [0.29, 0.717) is 28.5 Å². The van der Waals surface area contributed by atoms with Crippen LogP contribution in [0.1, 0.15) is 46.6 Å². The summed E-state index contributed by atoms with van der Waals surface area (Å²) in [7, 11) is 0. The summed E-state index contributed by atoms with van der Waals surface area (Å²) in [5, 5.41) is 1.13. The highest BCUT2D eigenvalue weighted by molar-refractivity contribution is 6.30. The molecule has 2 aliphatic rings. The van der Waals surface area contributed by atoms with Gasteiger partial charge in [-0.3, -0.25) is 4.79 Å². The number of pyridine rings is 1. The maximum atomic E-state index is 12.5. The van der Waals surface area contributed by atoms with Crippen LogP contribution in [0.25, 0.3) is 11.0 Å². The summed E-state index contributed by atoms with van der Waals surface area (Å²) in [4.78, 5) is 28.9. The van der Waals surface area contributed by atoms with Gasteiger partial charge in [0.25, 0.3) is 0 Å². The van der Waals surface area contributed by atoms with Crippen LogP contribution in [0.4, 0.5) is 0 Å². The van der Waals surface area contributed by atoms with Gasteiger partial charge in [-0.05, 0) is 55.0 Å². The van der Waals surface area contributed by atoms with E-state index in [1.54, 1.807) is 6.20 Å². The summed E-state index contributed by atoms with van der Waals surface area (Å²) in [6.07, 6.45) is 4.20. The van der Waals surface area contributed by atoms with Gasteiger partial charge in [-0.15, -0.1) is 0 Å². The van der Waals surface area contributed by atoms with Crippen LogP contribution >= 0.6 is 11.6 Å². The second-order valence-electron chi connectivity index (χ2n) is 7.12. The number of aromatic nitrogens is 1. The van der Waals surface area contributed by atoms with Crippen LogP contribution in [-0.4, -0.2) is 11.0 Å². The molecular weight excluding hydrogens is 366 g/mol. The molecular formula is C21H16ClNO4. The fraction of sp³-hybridized carbons (Fsp3) is 0.286. The maximum Gasteiger partial charge on any atom is 0.339 e. The zero-order chi connectivity index (χ0) is 18.7. The molecule has 27 heavy (non-hydrogen) atoms. The fourth-order valence-corrected chi connectivity index (χ4v) is 4.68. The lowest BCUT2D eigenvalue weighted by Gasteiger charge is -2.28. The van der Waals surface area contributed by atoms with Crippen LogP contribution in [0, 0.1) is 6.92 Å². The molecule has 0 fully saturated rings. The smallest absolute Gasteiger partial charge is 0.339 e. The Morgan fingerprint density at radius 3 is 2.85 bits per heavy atom. The van der Waals surface area contributed by atoms with Gasteiger partial charge in [-0.25, -0.2) is 9.78 Å². The van der Waals surface area contributed by atoms with Gasteiger partial charge >= 0.3 is 11.6 Å². The van der Waals surface area contributed by atoms with Gasteiger partial charge in [0.15, 0.2) is 0 Å². The van der Waals surface area contributed by atoms with E-state index in [1.807, 2.05) is 25.1 Å². The first kappa shape index (κ1) is 16.5. The lowest BCUT2D eigenvalue weighted by atomic mass is 9.83. The number of carbonyl (C=O) groups excluding carboxylic acids is 1. The van der Waals surface area contributed by atoms with Gasteiger partial charge in [-0.2, -0.15) is 0 Å². The van der Waals surface area contributed by atoms with Gasteiger partial charge in [-0.1, -0.05) is 17.7 Å². The molecule has 2 aromatic heterocycles. The first-order valence-corrected chi connectivity index (χ1v) is 9.35. The Kier molecular flexibility index (Phi) is 3.62. The SMILES string of the molecule is Cc1cc2oc(=O)c3c(c2c2c1[C@@H](c1cccnc1Cl)CC(=O)O2)CCC3. The highest BCUT2D eigenvalue weighted by Crippen LogP contribution is 2.47. The summed E-state index contributed by atoms with van der Waals surface area (Å²) >= 11 is 6.33. The van der Waals surface area contributed by atoms with Crippen molar-refractivity contribution >= 4 is 28.5 Å². The number of benzene rings is 1. The molecule has 0 saturated carbocycles. The number of hydrogen-bond donors (Lipinski definition) is 0. The molecule has 1 aromatic carbocycles. The summed E-state index contributed by atoms with van der Waals surface area (Å²) in [6, 6.07) is 5.57. The number of fused-ring (bicyclic) bond motifs is 5. The summed E-state index contributed by atoms with van der Waals surface area (Å²) in [6.45, 7) is 1.93. The third-order valence-corrected chi connectivity index (χ3v) is 5.87. The summed E-state index contributed by atoms with van der Waals surface area (Å²) < 4.78 is 11.3. The van der Waals surface area contributed by atoms with Gasteiger partial charge in [0.05, 0.1) is 11.8 Å². The molecule has 5 rings (SSSR count). The number of hydrogen-bond acceptors (Lipinski definition) is 5. The molecule has 0 N–H and O–H groups in total. The Hall–Kier alpha value is -2.66. The first-order valence-electron chi connectivity index (χ1n) is 8.97. The van der Waals surface area contributed by atoms with Crippen LogP contribution in [0.5, 0.6) is 5.75 Å². The summed E-state index contributed by atoms with van der Waals surface area (Å²) in [5.41, 5.74) is 4.45. The minimum atomic E-state index is -0.322. The normalized spacial score (nSPS) is 18.3. The first-order chi connectivity index (χ1) is 13.0. The Labute approximate surface area is 159 Å². The van der Waals surface area contributed by atoms with E-state index in [-0.39, 0.29) is 23.9 Å². The van der Waals surface area contributed by atoms with Crippen LogP contribution in [0.2, 0.25) is 5.15 Å². The zero-order valence-corrected chi connectivity index (χ0v) is 15.4. The molecule has 136 valence electrons. The van der Waals surface area contributed by atoms with Crippen molar-refractivity contribution in [1.82, 2.24) is 4.98 Å². The van der Waals surface area contributed by atoms with Crippen molar-refractivity contribution in [1.29, 1.82) is 0 Å². The molecule has 0 spiro atoms. The number of esters is 1. The predicted molar refractivity (Wildman–Crippen MR) is 101 cm³/mol. The van der Waals surface area contributed by atoms with Crippen molar-refractivity contribution in [3.05, 3.63) is 67.8 Å². The third-order valence-electron chi connectivity index (χ3n) is 5.56. The topological polar surface area (TPSA) is 69.4 Å². The van der Waals surface area contributed by atoms with E-state index < -0.39 is 0 Å². The number of aryl methyl sites for hydroxylation is 2. The zero-order valence-electron chi connectivity index (χ0n) is 14.7. The van der Waals surface area contributed by atoms with Crippen LogP contribution in [0.15, 0.2) is 33.6 Å². The Morgan fingerprint density at radius 1 is 1.22 bits per heavy atom. The van der Waals surface area contributed by atoms with Crippen molar-refractivity contribution in [2.75, 3.05) is 0 Å². The Balaban J connectivity index is 1.87. The van der Waals surface area contributed by atoms with Crippen molar-refractivity contribution in [3.8, 4) is 5.75 Å². The third kappa shape index (κ3) is 2.42. The molecule has 6 heteroatoms. The molecule has 0 unspecified atom stereocenters. The molecule has 0 radical (unpaired) electrons. The van der Waals surface area contributed by atoms with E-state index in [2.05, 4.69) is 4.98 Å². The molecule has 1 aliphatic heterocycles. The van der Waals surface area contributed by atoms with Crippen molar-refractivity contribution in [2.45, 2.75) is 38.5 Å². The number of ether oxygens (including phenoxy) is 1. The molecule has 3 aromatic rings. The lowest BCUT2D eigenvalue weighted by Crippen LogP contribution is -2.23. The molecule has 0 amide bonds. The second kappa shape index (κ2) is 5.92. The molecule has 0 saturated heterocycles. The molecule has 1 aliphatic carbocycles. The van der Waals surface area contributed by atoms with E-state index >= 15 is 0 Å². The van der Waals surface area contributed by atoms with Crippen LogP contribution in [0.3, 0.4) is 0 Å². The quantitative estimate of drug-likeness (QED) is 0.275. The Morgan fingerprint density at radius 2 is 2.04 bits per heavy atom. The second-order valence-corrected chi connectivity index (χ2v) is 7.48. The monoisotopic (exact) mass is 381 g/mol. The van der Waals surface area contributed by atoms with E-state index in [4.69, 9.17) is 20.8 Å². The number of halogens is 1. The number of carbonyl (C=O) groups is 1. The van der Waals surface area contributed by atoms with Gasteiger partial charge in [0.1, 0.15) is 16.5 Å².